The van der Waals surface area contributed by atoms with Gasteiger partial charge in [-0.1, -0.05) is 109 Å². The second kappa shape index (κ2) is 10.9. The molecule has 48 heavy (non-hydrogen) atoms. The quantitative estimate of drug-likeness (QED) is 0.199. The van der Waals surface area contributed by atoms with Gasteiger partial charge in [-0.2, -0.15) is 10.5 Å². The Morgan fingerprint density at radius 3 is 1.31 bits per heavy atom. The third-order valence-electron chi connectivity index (χ3n) is 9.41. The molecule has 9 rings (SSSR count). The summed E-state index contributed by atoms with van der Waals surface area (Å²) in [6.07, 6.45) is 0. The van der Waals surface area contributed by atoms with Crippen molar-refractivity contribution in [1.82, 2.24) is 9.13 Å². The summed E-state index contributed by atoms with van der Waals surface area (Å²) >= 11 is 0. The third kappa shape index (κ3) is 4.07. The highest BCUT2D eigenvalue weighted by molar-refractivity contribution is 6.10. The second-order valence-corrected chi connectivity index (χ2v) is 12.0. The maximum atomic E-state index is 10.4. The van der Waals surface area contributed by atoms with Crippen molar-refractivity contribution in [2.75, 3.05) is 0 Å². The summed E-state index contributed by atoms with van der Waals surface area (Å²) in [5, 5.41) is 25.3. The van der Waals surface area contributed by atoms with Gasteiger partial charge in [-0.15, -0.1) is 0 Å². The first kappa shape index (κ1) is 27.4. The molecule has 0 bridgehead atoms. The molecule has 0 atom stereocenters. The minimum absolute atomic E-state index is 0.453. The molecule has 0 amide bonds. The van der Waals surface area contributed by atoms with Crippen LogP contribution in [0.5, 0.6) is 0 Å². The smallest absolute Gasteiger partial charge is 0.101 e. The molecule has 0 saturated heterocycles. The normalized spacial score (nSPS) is 11.3. The highest BCUT2D eigenvalue weighted by Gasteiger charge is 2.19. The lowest BCUT2D eigenvalue weighted by Crippen LogP contribution is -2.00. The van der Waals surface area contributed by atoms with Crippen LogP contribution in [0.2, 0.25) is 0 Å². The number of hydrogen-bond acceptors (Lipinski definition) is 2. The van der Waals surface area contributed by atoms with Gasteiger partial charge in [0.15, 0.2) is 0 Å². The summed E-state index contributed by atoms with van der Waals surface area (Å²) in [5.41, 5.74) is 10.9. The Balaban J connectivity index is 1.26. The molecule has 0 aliphatic carbocycles. The minimum Gasteiger partial charge on any atom is -0.309 e. The van der Waals surface area contributed by atoms with E-state index in [1.807, 2.05) is 42.5 Å². The van der Waals surface area contributed by atoms with Crippen molar-refractivity contribution >= 4 is 43.6 Å². The zero-order valence-electron chi connectivity index (χ0n) is 25.8. The summed E-state index contributed by atoms with van der Waals surface area (Å²) in [7, 11) is 0. The van der Waals surface area contributed by atoms with E-state index in [1.54, 1.807) is 6.07 Å². The van der Waals surface area contributed by atoms with Gasteiger partial charge in [0.05, 0.1) is 50.6 Å². The van der Waals surface area contributed by atoms with Crippen molar-refractivity contribution in [3.8, 4) is 45.8 Å². The van der Waals surface area contributed by atoms with Crippen LogP contribution < -0.4 is 0 Å². The molecule has 0 fully saturated rings. The molecule has 222 valence electrons. The van der Waals surface area contributed by atoms with Gasteiger partial charge in [0, 0.05) is 32.7 Å². The first-order valence-electron chi connectivity index (χ1n) is 15.9. The lowest BCUT2D eigenvalue weighted by molar-refractivity contribution is 1.17. The van der Waals surface area contributed by atoms with Crippen LogP contribution >= 0.6 is 0 Å². The van der Waals surface area contributed by atoms with Crippen LogP contribution in [0.4, 0.5) is 0 Å². The van der Waals surface area contributed by atoms with E-state index < -0.39 is 0 Å². The van der Waals surface area contributed by atoms with Crippen molar-refractivity contribution in [1.29, 1.82) is 10.5 Å². The van der Waals surface area contributed by atoms with Gasteiger partial charge < -0.3 is 9.13 Å². The van der Waals surface area contributed by atoms with E-state index in [1.165, 1.54) is 10.8 Å². The van der Waals surface area contributed by atoms with Gasteiger partial charge in [0.2, 0.25) is 0 Å². The molecule has 2 aromatic heterocycles. The first-order valence-corrected chi connectivity index (χ1v) is 15.9. The van der Waals surface area contributed by atoms with Crippen LogP contribution in [-0.2, 0) is 0 Å². The van der Waals surface area contributed by atoms with Crippen molar-refractivity contribution in [2.24, 2.45) is 0 Å². The topological polar surface area (TPSA) is 57.4 Å². The Morgan fingerprint density at radius 1 is 0.354 bits per heavy atom. The molecule has 0 N–H and O–H groups in total. The number of rotatable bonds is 4. The van der Waals surface area contributed by atoms with Crippen LogP contribution in [0.1, 0.15) is 11.1 Å². The molecule has 4 heteroatoms. The standard InChI is InChI=1S/C44H26N4/c45-27-31-25-32(28-46)44(48-42-22-9-4-17-36(42)37-18-5-10-23-43(37)48)26-38(31)30-13-11-12-29(24-30)33-14-1-6-19-39(33)47-40-20-7-2-15-34(40)35-16-3-8-21-41(35)47/h1-26H. The van der Waals surface area contributed by atoms with Crippen molar-refractivity contribution in [2.45, 2.75) is 0 Å². The average Bonchev–Trinajstić information content (AvgIpc) is 3.67. The Bertz CT molecular complexity index is 2710. The SMILES string of the molecule is N#Cc1cc(C#N)c(-n2c3ccccc3c3ccccc32)cc1-c1cccc(-c2ccccc2-n2c3ccccc3c3ccccc32)c1. The number of fused-ring (bicyclic) bond motifs is 6. The lowest BCUT2D eigenvalue weighted by Gasteiger charge is -2.16. The van der Waals surface area contributed by atoms with E-state index in [0.717, 1.165) is 66.5 Å². The van der Waals surface area contributed by atoms with Gasteiger partial charge in [0.25, 0.3) is 0 Å². The van der Waals surface area contributed by atoms with Crippen molar-refractivity contribution < 1.29 is 0 Å². The number of benzene rings is 7. The number of nitrogens with zero attached hydrogens (tertiary/aromatic N) is 4. The van der Waals surface area contributed by atoms with E-state index in [9.17, 15) is 10.5 Å². The summed E-state index contributed by atoms with van der Waals surface area (Å²) < 4.78 is 4.49. The summed E-state index contributed by atoms with van der Waals surface area (Å²) in [6.45, 7) is 0. The molecular weight excluding hydrogens is 585 g/mol. The largest absolute Gasteiger partial charge is 0.309 e. The average molecular weight is 611 g/mol. The molecule has 7 aromatic carbocycles. The van der Waals surface area contributed by atoms with Crippen LogP contribution in [0.3, 0.4) is 0 Å². The first-order chi connectivity index (χ1) is 23.7. The zero-order valence-corrected chi connectivity index (χ0v) is 25.8. The minimum atomic E-state index is 0.453. The summed E-state index contributed by atoms with van der Waals surface area (Å²) in [6, 6.07) is 58.9. The van der Waals surface area contributed by atoms with Crippen molar-refractivity contribution in [3.05, 3.63) is 169 Å². The maximum Gasteiger partial charge on any atom is 0.101 e. The molecular formula is C44H26N4. The van der Waals surface area contributed by atoms with Crippen LogP contribution in [0.25, 0.3) is 77.2 Å². The molecule has 0 aliphatic heterocycles. The van der Waals surface area contributed by atoms with Crippen LogP contribution in [0, 0.1) is 22.7 Å². The third-order valence-corrected chi connectivity index (χ3v) is 9.41. The Labute approximate surface area is 277 Å². The van der Waals surface area contributed by atoms with Gasteiger partial charge in [-0.05, 0) is 59.7 Å². The summed E-state index contributed by atoms with van der Waals surface area (Å²) in [5.74, 6) is 0. The highest BCUT2D eigenvalue weighted by atomic mass is 15.0. The molecule has 0 spiro atoms. The van der Waals surface area contributed by atoms with E-state index in [0.29, 0.717) is 11.1 Å². The molecule has 0 aliphatic rings. The molecule has 2 heterocycles. The number of hydrogen-bond donors (Lipinski definition) is 0. The predicted molar refractivity (Wildman–Crippen MR) is 195 cm³/mol. The van der Waals surface area contributed by atoms with Crippen LogP contribution in [0.15, 0.2) is 158 Å². The Kier molecular flexibility index (Phi) is 6.22. The van der Waals surface area contributed by atoms with Gasteiger partial charge >= 0.3 is 0 Å². The fraction of sp³-hybridized carbons (Fsp3) is 0. The summed E-state index contributed by atoms with van der Waals surface area (Å²) in [4.78, 5) is 0. The maximum absolute atomic E-state index is 10.4. The number of aromatic nitrogens is 2. The van der Waals surface area contributed by atoms with E-state index in [-0.39, 0.29) is 0 Å². The van der Waals surface area contributed by atoms with Gasteiger partial charge in [-0.3, -0.25) is 0 Å². The fourth-order valence-corrected chi connectivity index (χ4v) is 7.33. The lowest BCUT2D eigenvalue weighted by atomic mass is 9.93. The molecule has 0 unspecified atom stereocenters. The Hall–Kier alpha value is -6.88. The highest BCUT2D eigenvalue weighted by Crippen LogP contribution is 2.39. The second-order valence-electron chi connectivity index (χ2n) is 12.0. The van der Waals surface area contributed by atoms with Crippen molar-refractivity contribution in [3.63, 3.8) is 0 Å². The zero-order chi connectivity index (χ0) is 32.2. The molecule has 9 aromatic rings. The molecule has 0 radical (unpaired) electrons. The van der Waals surface area contributed by atoms with E-state index >= 15 is 0 Å². The predicted octanol–water partition coefficient (Wildman–Crippen LogP) is 11.0. The van der Waals surface area contributed by atoms with Crippen LogP contribution in [-0.4, -0.2) is 9.13 Å². The Morgan fingerprint density at radius 2 is 0.792 bits per heavy atom. The fourth-order valence-electron chi connectivity index (χ4n) is 7.33. The van der Waals surface area contributed by atoms with E-state index in [4.69, 9.17) is 0 Å². The number of para-hydroxylation sites is 5. The number of nitriles is 2. The molecule has 4 nitrogen and oxygen atoms in total. The van der Waals surface area contributed by atoms with Gasteiger partial charge in [0.1, 0.15) is 6.07 Å². The van der Waals surface area contributed by atoms with E-state index in [2.05, 4.69) is 130 Å². The molecule has 0 saturated carbocycles. The van der Waals surface area contributed by atoms with Gasteiger partial charge in [-0.25, -0.2) is 0 Å². The monoisotopic (exact) mass is 610 g/mol.